The molecule has 3 unspecified atom stereocenters. The summed E-state index contributed by atoms with van der Waals surface area (Å²) in [7, 11) is 0. The van der Waals surface area contributed by atoms with Gasteiger partial charge in [0.05, 0.1) is 6.04 Å². The number of nitrogens with one attached hydrogen (secondary N) is 2. The van der Waals surface area contributed by atoms with E-state index in [4.69, 9.17) is 9.52 Å². The number of aryl methyl sites for hydroxylation is 1. The molecule has 0 aliphatic rings. The number of hydrogen-bond donors (Lipinski definition) is 3. The van der Waals surface area contributed by atoms with E-state index in [0.29, 0.717) is 0 Å². The normalized spacial score (nSPS) is 15.8. The fourth-order valence-corrected chi connectivity index (χ4v) is 1.50. The number of amides is 2. The van der Waals surface area contributed by atoms with Gasteiger partial charge in [0, 0.05) is 12.6 Å². The minimum atomic E-state index is -0.260. The van der Waals surface area contributed by atoms with E-state index in [-0.39, 0.29) is 30.6 Å². The maximum absolute atomic E-state index is 11.7. The summed E-state index contributed by atoms with van der Waals surface area (Å²) in [4.78, 5) is 11.7. The quantitative estimate of drug-likeness (QED) is 0.752. The van der Waals surface area contributed by atoms with Gasteiger partial charge in [-0.3, -0.25) is 0 Å². The summed E-state index contributed by atoms with van der Waals surface area (Å²) in [6, 6.07) is 3.18. The van der Waals surface area contributed by atoms with Crippen LogP contribution in [0.1, 0.15) is 38.3 Å². The number of rotatable bonds is 5. The second-order valence-electron chi connectivity index (χ2n) is 4.74. The molecule has 0 aliphatic carbocycles. The largest absolute Gasteiger partial charge is 0.464 e. The van der Waals surface area contributed by atoms with Crippen molar-refractivity contribution in [1.29, 1.82) is 0 Å². The molecule has 0 aromatic carbocycles. The molecule has 1 aromatic heterocycles. The van der Waals surface area contributed by atoms with Crippen molar-refractivity contribution in [3.63, 3.8) is 0 Å². The number of hydrogen-bond acceptors (Lipinski definition) is 3. The molecular weight excluding hydrogens is 232 g/mol. The molecule has 3 N–H and O–H groups in total. The van der Waals surface area contributed by atoms with Crippen molar-refractivity contribution in [1.82, 2.24) is 10.6 Å². The van der Waals surface area contributed by atoms with Crippen molar-refractivity contribution in [2.45, 2.75) is 39.8 Å². The zero-order valence-corrected chi connectivity index (χ0v) is 11.4. The van der Waals surface area contributed by atoms with E-state index in [1.54, 1.807) is 0 Å². The number of carbonyl (C=O) groups excluding carboxylic acids is 1. The molecule has 3 atom stereocenters. The minimum absolute atomic E-state index is 0.0249. The SMILES string of the molecule is Cc1ccc(C(C)NC(=O)NC(C)C(C)CO)o1. The molecule has 0 radical (unpaired) electrons. The zero-order chi connectivity index (χ0) is 13.7. The first kappa shape index (κ1) is 14.6. The molecule has 5 nitrogen and oxygen atoms in total. The second kappa shape index (κ2) is 6.44. The molecule has 0 spiro atoms. The summed E-state index contributed by atoms with van der Waals surface area (Å²) in [5, 5.41) is 14.6. The van der Waals surface area contributed by atoms with Gasteiger partial charge in [0.2, 0.25) is 0 Å². The van der Waals surface area contributed by atoms with Gasteiger partial charge in [-0.2, -0.15) is 0 Å². The lowest BCUT2D eigenvalue weighted by Gasteiger charge is -2.21. The first-order valence-corrected chi connectivity index (χ1v) is 6.18. The van der Waals surface area contributed by atoms with Crippen LogP contribution in [-0.2, 0) is 0 Å². The molecule has 0 fully saturated rings. The number of carbonyl (C=O) groups is 1. The van der Waals surface area contributed by atoms with E-state index in [0.717, 1.165) is 11.5 Å². The summed E-state index contributed by atoms with van der Waals surface area (Å²) < 4.78 is 5.44. The molecule has 1 aromatic rings. The van der Waals surface area contributed by atoms with Crippen molar-refractivity contribution in [3.8, 4) is 0 Å². The molecule has 0 saturated carbocycles. The Bertz CT molecular complexity index is 389. The van der Waals surface area contributed by atoms with Gasteiger partial charge in [-0.15, -0.1) is 0 Å². The molecule has 0 aliphatic heterocycles. The Kier molecular flexibility index (Phi) is 5.22. The monoisotopic (exact) mass is 254 g/mol. The Labute approximate surface area is 108 Å². The van der Waals surface area contributed by atoms with Crippen molar-refractivity contribution in [2.75, 3.05) is 6.61 Å². The standard InChI is InChI=1S/C13H22N2O3/c1-8(7-16)10(3)14-13(17)15-11(4)12-6-5-9(2)18-12/h5-6,8,10-11,16H,7H2,1-4H3,(H2,14,15,17). The van der Waals surface area contributed by atoms with Crippen LogP contribution in [-0.4, -0.2) is 23.8 Å². The lowest BCUT2D eigenvalue weighted by molar-refractivity contribution is 0.198. The van der Waals surface area contributed by atoms with E-state index < -0.39 is 0 Å². The lowest BCUT2D eigenvalue weighted by atomic mass is 10.1. The molecular formula is C13H22N2O3. The molecule has 0 saturated heterocycles. The van der Waals surface area contributed by atoms with Crippen LogP contribution in [0.2, 0.25) is 0 Å². The summed E-state index contributed by atoms with van der Waals surface area (Å²) in [5.41, 5.74) is 0. The van der Waals surface area contributed by atoms with Crippen LogP contribution in [0.4, 0.5) is 4.79 Å². The van der Waals surface area contributed by atoms with Crippen molar-refractivity contribution in [2.24, 2.45) is 5.92 Å². The van der Waals surface area contributed by atoms with Crippen LogP contribution in [0, 0.1) is 12.8 Å². The Morgan fingerprint density at radius 2 is 2.00 bits per heavy atom. The number of aliphatic hydroxyl groups is 1. The van der Waals surface area contributed by atoms with Crippen LogP contribution < -0.4 is 10.6 Å². The summed E-state index contributed by atoms with van der Waals surface area (Å²) >= 11 is 0. The fourth-order valence-electron chi connectivity index (χ4n) is 1.50. The van der Waals surface area contributed by atoms with E-state index in [2.05, 4.69) is 10.6 Å². The predicted molar refractivity (Wildman–Crippen MR) is 69.2 cm³/mol. The second-order valence-corrected chi connectivity index (χ2v) is 4.74. The predicted octanol–water partition coefficient (Wildman–Crippen LogP) is 1.97. The number of furan rings is 1. The minimum Gasteiger partial charge on any atom is -0.464 e. The van der Waals surface area contributed by atoms with Crippen molar-refractivity contribution >= 4 is 6.03 Å². The molecule has 1 rings (SSSR count). The van der Waals surface area contributed by atoms with Gasteiger partial charge in [-0.05, 0) is 38.8 Å². The van der Waals surface area contributed by atoms with Crippen LogP contribution in [0.5, 0.6) is 0 Å². The highest BCUT2D eigenvalue weighted by atomic mass is 16.3. The van der Waals surface area contributed by atoms with Crippen LogP contribution >= 0.6 is 0 Å². The first-order chi connectivity index (χ1) is 8.43. The first-order valence-electron chi connectivity index (χ1n) is 6.18. The van der Waals surface area contributed by atoms with E-state index in [1.807, 2.05) is 39.8 Å². The number of aliphatic hydroxyl groups excluding tert-OH is 1. The average molecular weight is 254 g/mol. The smallest absolute Gasteiger partial charge is 0.315 e. The Morgan fingerprint density at radius 3 is 2.50 bits per heavy atom. The highest BCUT2D eigenvalue weighted by Gasteiger charge is 2.16. The third-order valence-electron chi connectivity index (χ3n) is 3.04. The van der Waals surface area contributed by atoms with Crippen LogP contribution in [0.25, 0.3) is 0 Å². The summed E-state index contributed by atoms with van der Waals surface area (Å²) in [6.07, 6.45) is 0. The maximum atomic E-state index is 11.7. The van der Waals surface area contributed by atoms with Gasteiger partial charge in [0.25, 0.3) is 0 Å². The highest BCUT2D eigenvalue weighted by molar-refractivity contribution is 5.74. The molecule has 2 amide bonds. The topological polar surface area (TPSA) is 74.5 Å². The van der Waals surface area contributed by atoms with E-state index in [9.17, 15) is 4.79 Å². The van der Waals surface area contributed by atoms with Gasteiger partial charge < -0.3 is 20.2 Å². The molecule has 5 heteroatoms. The summed E-state index contributed by atoms with van der Waals surface area (Å²) in [6.45, 7) is 7.51. The average Bonchev–Trinajstić information content (AvgIpc) is 2.74. The molecule has 102 valence electrons. The molecule has 18 heavy (non-hydrogen) atoms. The van der Waals surface area contributed by atoms with E-state index >= 15 is 0 Å². The Hall–Kier alpha value is -1.49. The van der Waals surface area contributed by atoms with Crippen LogP contribution in [0.3, 0.4) is 0 Å². The zero-order valence-electron chi connectivity index (χ0n) is 11.4. The number of urea groups is 1. The van der Waals surface area contributed by atoms with Gasteiger partial charge in [-0.1, -0.05) is 6.92 Å². The Balaban J connectivity index is 2.45. The van der Waals surface area contributed by atoms with Gasteiger partial charge >= 0.3 is 6.03 Å². The van der Waals surface area contributed by atoms with Gasteiger partial charge in [-0.25, -0.2) is 4.79 Å². The maximum Gasteiger partial charge on any atom is 0.315 e. The Morgan fingerprint density at radius 1 is 1.33 bits per heavy atom. The third kappa shape index (κ3) is 4.07. The molecule has 0 bridgehead atoms. The van der Waals surface area contributed by atoms with Crippen LogP contribution in [0.15, 0.2) is 16.5 Å². The van der Waals surface area contributed by atoms with Crippen molar-refractivity contribution < 1.29 is 14.3 Å². The van der Waals surface area contributed by atoms with Gasteiger partial charge in [0.1, 0.15) is 11.5 Å². The third-order valence-corrected chi connectivity index (χ3v) is 3.04. The van der Waals surface area contributed by atoms with E-state index in [1.165, 1.54) is 0 Å². The van der Waals surface area contributed by atoms with Gasteiger partial charge in [0.15, 0.2) is 0 Å². The summed E-state index contributed by atoms with van der Waals surface area (Å²) in [5.74, 6) is 1.57. The van der Waals surface area contributed by atoms with Crippen molar-refractivity contribution in [3.05, 3.63) is 23.7 Å². The lowest BCUT2D eigenvalue weighted by Crippen LogP contribution is -2.44. The highest BCUT2D eigenvalue weighted by Crippen LogP contribution is 2.15. The fraction of sp³-hybridized carbons (Fsp3) is 0.615. The molecule has 1 heterocycles.